The van der Waals surface area contributed by atoms with Crippen LogP contribution in [0.2, 0.25) is 0 Å². The quantitative estimate of drug-likeness (QED) is 0.598. The van der Waals surface area contributed by atoms with Crippen LogP contribution in [-0.2, 0) is 0 Å². The van der Waals surface area contributed by atoms with Gasteiger partial charge < -0.3 is 0 Å². The van der Waals surface area contributed by atoms with Crippen molar-refractivity contribution in [3.63, 3.8) is 0 Å². The van der Waals surface area contributed by atoms with Crippen LogP contribution in [0.25, 0.3) is 0 Å². The smallest absolute Gasteiger partial charge is 0.0901 e. The fraction of sp³-hybridized carbons (Fsp3) is 0. The summed E-state index contributed by atoms with van der Waals surface area (Å²) in [5, 5.41) is 4.08. The van der Waals surface area contributed by atoms with E-state index in [9.17, 15) is 0 Å². The molecule has 0 unspecified atom stereocenters. The van der Waals surface area contributed by atoms with Gasteiger partial charge in [0.15, 0.2) is 0 Å². The first-order valence-corrected chi connectivity index (χ1v) is 4.87. The zero-order chi connectivity index (χ0) is 8.93. The monoisotopic (exact) mass is 188 g/mol. The molecule has 0 N–H and O–H groups in total. The SMILES string of the molecule is C1=NC2=CC=NC2=C1.c1ccsc1. The average molecular weight is 188 g/mol. The van der Waals surface area contributed by atoms with E-state index in [1.54, 1.807) is 23.8 Å². The van der Waals surface area contributed by atoms with Crippen molar-refractivity contribution in [2.45, 2.75) is 0 Å². The van der Waals surface area contributed by atoms with Gasteiger partial charge in [-0.05, 0) is 22.9 Å². The number of nitrogens with zero attached hydrogens (tertiary/aromatic N) is 2. The van der Waals surface area contributed by atoms with Crippen LogP contribution in [0.5, 0.6) is 0 Å². The summed E-state index contributed by atoms with van der Waals surface area (Å²) in [6, 6.07) is 4.04. The Balaban J connectivity index is 0.000000113. The molecule has 1 aromatic rings. The molecule has 0 bridgehead atoms. The van der Waals surface area contributed by atoms with Gasteiger partial charge in [-0.15, -0.1) is 0 Å². The van der Waals surface area contributed by atoms with Gasteiger partial charge in [-0.3, -0.25) is 9.98 Å². The maximum Gasteiger partial charge on any atom is 0.0901 e. The second-order valence-electron chi connectivity index (χ2n) is 2.45. The molecule has 0 saturated carbocycles. The molecule has 1 aromatic heterocycles. The minimum absolute atomic E-state index is 0.991. The third kappa shape index (κ3) is 2.00. The fourth-order valence-corrected chi connectivity index (χ4v) is 1.45. The van der Waals surface area contributed by atoms with Crippen molar-refractivity contribution in [2.75, 3.05) is 0 Å². The Hall–Kier alpha value is -1.48. The summed E-state index contributed by atoms with van der Waals surface area (Å²) in [4.78, 5) is 8.03. The van der Waals surface area contributed by atoms with Crippen LogP contribution >= 0.6 is 11.3 Å². The molecule has 0 aliphatic carbocycles. The molecule has 0 atom stereocenters. The second-order valence-corrected chi connectivity index (χ2v) is 3.27. The Bertz CT molecular complexity index is 340. The largest absolute Gasteiger partial charge is 0.254 e. The van der Waals surface area contributed by atoms with Crippen LogP contribution in [0.1, 0.15) is 0 Å². The third-order valence-electron chi connectivity index (χ3n) is 1.58. The van der Waals surface area contributed by atoms with Crippen molar-refractivity contribution >= 4 is 23.8 Å². The van der Waals surface area contributed by atoms with Gasteiger partial charge in [-0.1, -0.05) is 12.1 Å². The van der Waals surface area contributed by atoms with Gasteiger partial charge in [0.1, 0.15) is 0 Å². The average Bonchev–Trinajstić information content (AvgIpc) is 2.84. The lowest BCUT2D eigenvalue weighted by Crippen LogP contribution is -1.66. The van der Waals surface area contributed by atoms with E-state index in [0.717, 1.165) is 11.4 Å². The summed E-state index contributed by atoms with van der Waals surface area (Å²) in [5.74, 6) is 0. The normalized spacial score (nSPS) is 16.0. The molecule has 0 fully saturated rings. The van der Waals surface area contributed by atoms with E-state index in [1.165, 1.54) is 0 Å². The minimum Gasteiger partial charge on any atom is -0.254 e. The minimum atomic E-state index is 0.991. The van der Waals surface area contributed by atoms with E-state index in [4.69, 9.17) is 0 Å². The third-order valence-corrected chi connectivity index (χ3v) is 2.21. The molecular weight excluding hydrogens is 180 g/mol. The van der Waals surface area contributed by atoms with E-state index < -0.39 is 0 Å². The topological polar surface area (TPSA) is 24.7 Å². The van der Waals surface area contributed by atoms with E-state index in [-0.39, 0.29) is 0 Å². The molecule has 2 nitrogen and oxygen atoms in total. The molecular formula is C10H8N2S. The lowest BCUT2D eigenvalue weighted by Gasteiger charge is -1.83. The Morgan fingerprint density at radius 3 is 1.77 bits per heavy atom. The number of allylic oxidation sites excluding steroid dienone is 2. The first-order valence-electron chi connectivity index (χ1n) is 3.93. The first kappa shape index (κ1) is 8.13. The Kier molecular flexibility index (Phi) is 2.48. The van der Waals surface area contributed by atoms with Crippen molar-refractivity contribution in [1.29, 1.82) is 0 Å². The molecule has 0 amide bonds. The number of thiophene rings is 1. The number of aliphatic imine (C=N–C) groups is 2. The standard InChI is InChI=1S/C6H4N2.C4H4S/c1-3-7-6-2-4-8-5(1)6;1-2-4-5-3-1/h1-4H;1-4H. The van der Waals surface area contributed by atoms with Crippen molar-refractivity contribution in [2.24, 2.45) is 9.98 Å². The van der Waals surface area contributed by atoms with Crippen molar-refractivity contribution in [3.8, 4) is 0 Å². The zero-order valence-electron chi connectivity index (χ0n) is 6.92. The van der Waals surface area contributed by atoms with Crippen LogP contribution in [-0.4, -0.2) is 12.4 Å². The van der Waals surface area contributed by atoms with Gasteiger partial charge in [0.05, 0.1) is 11.4 Å². The molecule has 64 valence electrons. The maximum absolute atomic E-state index is 4.02. The molecule has 13 heavy (non-hydrogen) atoms. The van der Waals surface area contributed by atoms with E-state index in [0.29, 0.717) is 0 Å². The van der Waals surface area contributed by atoms with E-state index in [1.807, 2.05) is 35.0 Å². The molecule has 3 rings (SSSR count). The lowest BCUT2D eigenvalue weighted by molar-refractivity contribution is 1.33. The van der Waals surface area contributed by atoms with Gasteiger partial charge in [-0.25, -0.2) is 0 Å². The van der Waals surface area contributed by atoms with Gasteiger partial charge >= 0.3 is 0 Å². The molecule has 3 heterocycles. The van der Waals surface area contributed by atoms with Crippen molar-refractivity contribution in [1.82, 2.24) is 0 Å². The number of fused-ring (bicyclic) bond motifs is 1. The van der Waals surface area contributed by atoms with Crippen LogP contribution in [0, 0.1) is 0 Å². The molecule has 0 spiro atoms. The summed E-state index contributed by atoms with van der Waals surface area (Å²) in [5.41, 5.74) is 1.98. The maximum atomic E-state index is 4.02. The molecule has 2 aliphatic rings. The predicted octanol–water partition coefficient (Wildman–Crippen LogP) is 2.67. The Morgan fingerprint density at radius 1 is 0.846 bits per heavy atom. The van der Waals surface area contributed by atoms with Gasteiger partial charge in [0.25, 0.3) is 0 Å². The van der Waals surface area contributed by atoms with Gasteiger partial charge in [-0.2, -0.15) is 11.3 Å². The predicted molar refractivity (Wildman–Crippen MR) is 57.5 cm³/mol. The van der Waals surface area contributed by atoms with Crippen molar-refractivity contribution < 1.29 is 0 Å². The van der Waals surface area contributed by atoms with E-state index in [2.05, 4.69) is 9.98 Å². The fourth-order valence-electron chi connectivity index (χ4n) is 0.992. The highest BCUT2D eigenvalue weighted by Crippen LogP contribution is 2.19. The highest BCUT2D eigenvalue weighted by Gasteiger charge is 2.07. The molecule has 0 aromatic carbocycles. The summed E-state index contributed by atoms with van der Waals surface area (Å²) < 4.78 is 0. The van der Waals surface area contributed by atoms with Gasteiger partial charge in [0, 0.05) is 12.4 Å². The van der Waals surface area contributed by atoms with Crippen LogP contribution in [0.4, 0.5) is 0 Å². The van der Waals surface area contributed by atoms with Gasteiger partial charge in [0.2, 0.25) is 0 Å². The molecule has 3 heteroatoms. The Morgan fingerprint density at radius 2 is 1.38 bits per heavy atom. The first-order chi connectivity index (χ1) is 6.47. The Labute approximate surface area is 80.7 Å². The highest BCUT2D eigenvalue weighted by atomic mass is 32.1. The lowest BCUT2D eigenvalue weighted by atomic mass is 10.4. The summed E-state index contributed by atoms with van der Waals surface area (Å²) in [6.07, 6.45) is 7.32. The number of rotatable bonds is 0. The molecule has 2 aliphatic heterocycles. The summed E-state index contributed by atoms with van der Waals surface area (Å²) in [6.45, 7) is 0. The highest BCUT2D eigenvalue weighted by molar-refractivity contribution is 7.07. The molecule has 0 radical (unpaired) electrons. The van der Waals surface area contributed by atoms with E-state index >= 15 is 0 Å². The number of hydrogen-bond donors (Lipinski definition) is 0. The summed E-state index contributed by atoms with van der Waals surface area (Å²) in [7, 11) is 0. The van der Waals surface area contributed by atoms with Crippen LogP contribution in [0.15, 0.2) is 56.4 Å². The van der Waals surface area contributed by atoms with Crippen molar-refractivity contribution in [3.05, 3.63) is 46.4 Å². The number of hydrogen-bond acceptors (Lipinski definition) is 3. The molecule has 0 saturated heterocycles. The second kappa shape index (κ2) is 3.96. The van der Waals surface area contributed by atoms with Crippen LogP contribution in [0.3, 0.4) is 0 Å². The zero-order valence-corrected chi connectivity index (χ0v) is 7.74. The van der Waals surface area contributed by atoms with Crippen LogP contribution < -0.4 is 0 Å². The summed E-state index contributed by atoms with van der Waals surface area (Å²) >= 11 is 1.71.